The summed E-state index contributed by atoms with van der Waals surface area (Å²) >= 11 is 0. The van der Waals surface area contributed by atoms with Gasteiger partial charge in [0.25, 0.3) is 0 Å². The van der Waals surface area contributed by atoms with E-state index in [4.69, 9.17) is 14.2 Å². The van der Waals surface area contributed by atoms with Gasteiger partial charge in [-0.3, -0.25) is 9.59 Å². The van der Waals surface area contributed by atoms with Crippen LogP contribution in [0.5, 0.6) is 0 Å². The molecule has 0 saturated heterocycles. The van der Waals surface area contributed by atoms with Crippen LogP contribution in [-0.2, 0) is 28.6 Å². The Balaban J connectivity index is 4.73. The number of unbranched alkanes of at least 4 members (excludes halogenated alkanes) is 27. The third kappa shape index (κ3) is 62.6. The zero-order chi connectivity index (χ0) is 59.4. The monoisotopic (exact) mass is 1150 g/mol. The number of hydrogen-bond donors (Lipinski definition) is 1. The van der Waals surface area contributed by atoms with Crippen LogP contribution >= 0.6 is 0 Å². The summed E-state index contributed by atoms with van der Waals surface area (Å²) in [5, 5.41) is 9.69. The molecule has 0 saturated carbocycles. The SMILES string of the molecule is CCCCC/C=C\C/C=C\CCCCCCCCOC(=O)CCCN(CCCC(=O)OCCCCCCCC/C=C\C/C=C\CCCCC)CCCN(CCCO)CCCC(=C=O)OCCCCCCCC/C=C\C/C=C\CCCCC. The Hall–Kier alpha value is -3.49. The summed E-state index contributed by atoms with van der Waals surface area (Å²) < 4.78 is 17.2. The third-order valence-electron chi connectivity index (χ3n) is 15.1. The number of aliphatic hydroxyl groups is 1. The summed E-state index contributed by atoms with van der Waals surface area (Å²) in [6.45, 7) is 13.2. The molecule has 474 valence electrons. The van der Waals surface area contributed by atoms with Gasteiger partial charge in [-0.05, 0) is 180 Å². The number of carbonyl (C=O) groups is 2. The molecule has 0 aliphatic carbocycles. The van der Waals surface area contributed by atoms with E-state index in [2.05, 4.69) is 109 Å². The maximum Gasteiger partial charge on any atom is 0.305 e. The number of aliphatic hydroxyl groups excluding tert-OH is 1. The molecular formula is C73H130N2O7. The maximum atomic E-state index is 12.8. The lowest BCUT2D eigenvalue weighted by Crippen LogP contribution is -2.33. The lowest BCUT2D eigenvalue weighted by molar-refractivity contribution is -0.144. The fourth-order valence-corrected chi connectivity index (χ4v) is 9.98. The van der Waals surface area contributed by atoms with Crippen molar-refractivity contribution in [3.8, 4) is 0 Å². The van der Waals surface area contributed by atoms with Gasteiger partial charge in [-0.15, -0.1) is 0 Å². The molecule has 0 aromatic carbocycles. The minimum atomic E-state index is -0.125. The van der Waals surface area contributed by atoms with Crippen LogP contribution in [0.15, 0.2) is 78.7 Å². The number of hydrogen-bond acceptors (Lipinski definition) is 9. The van der Waals surface area contributed by atoms with Gasteiger partial charge < -0.3 is 29.1 Å². The van der Waals surface area contributed by atoms with Gasteiger partial charge in [0, 0.05) is 32.4 Å². The van der Waals surface area contributed by atoms with Crippen LogP contribution in [0.1, 0.15) is 303 Å². The molecule has 0 unspecified atom stereocenters. The van der Waals surface area contributed by atoms with E-state index in [1.54, 1.807) is 0 Å². The van der Waals surface area contributed by atoms with Crippen molar-refractivity contribution in [1.29, 1.82) is 0 Å². The first-order chi connectivity index (χ1) is 40.5. The first-order valence-electron chi connectivity index (χ1n) is 34.6. The fourth-order valence-electron chi connectivity index (χ4n) is 9.98. The summed E-state index contributed by atoms with van der Waals surface area (Å²) in [4.78, 5) is 42.1. The van der Waals surface area contributed by atoms with Crippen LogP contribution in [0, 0.1) is 0 Å². The summed E-state index contributed by atoms with van der Waals surface area (Å²) in [6, 6.07) is 0. The average molecular weight is 1150 g/mol. The summed E-state index contributed by atoms with van der Waals surface area (Å²) in [6.07, 6.45) is 75.6. The van der Waals surface area contributed by atoms with Gasteiger partial charge in [-0.25, -0.2) is 4.79 Å². The quantitative estimate of drug-likeness (QED) is 0.0210. The molecular weight excluding hydrogens is 1020 g/mol. The van der Waals surface area contributed by atoms with E-state index in [-0.39, 0.29) is 18.5 Å². The number of esters is 2. The first-order valence-corrected chi connectivity index (χ1v) is 34.6. The predicted molar refractivity (Wildman–Crippen MR) is 352 cm³/mol. The molecule has 0 aromatic rings. The Morgan fingerprint density at radius 2 is 0.610 bits per heavy atom. The van der Waals surface area contributed by atoms with Gasteiger partial charge in [-0.1, -0.05) is 209 Å². The highest BCUT2D eigenvalue weighted by atomic mass is 16.5. The molecule has 0 amide bonds. The lowest BCUT2D eigenvalue weighted by atomic mass is 10.1. The molecule has 0 aliphatic rings. The second-order valence-corrected chi connectivity index (χ2v) is 23.0. The zero-order valence-electron chi connectivity index (χ0n) is 53.9. The smallest absolute Gasteiger partial charge is 0.305 e. The van der Waals surface area contributed by atoms with Crippen LogP contribution in [0.3, 0.4) is 0 Å². The van der Waals surface area contributed by atoms with E-state index in [1.807, 2.05) is 0 Å². The van der Waals surface area contributed by atoms with Gasteiger partial charge in [0.1, 0.15) is 0 Å². The van der Waals surface area contributed by atoms with E-state index in [0.717, 1.165) is 129 Å². The van der Waals surface area contributed by atoms with Gasteiger partial charge >= 0.3 is 11.9 Å². The standard InChI is InChI=1S/C73H130N2O7/c1-4-7-10-13-16-19-22-25-28-31-34-37-40-43-46-49-67-80-71(70-77)57-52-60-75(65-56-66-76)64-55-63-74(61-53-58-72(78)81-68-50-47-44-41-38-35-32-29-26-23-20-17-14-11-8-5-2)62-54-59-73(79)82-69-51-48-45-42-39-36-33-30-27-24-21-18-15-12-9-6-3/h16-21,25-30,76H,4-15,22-24,31-69H2,1-3H3/b19-16-,20-17-,21-18-,28-25-,29-26-,30-27-. The Labute approximate surface area is 506 Å². The second-order valence-electron chi connectivity index (χ2n) is 23.0. The molecule has 9 nitrogen and oxygen atoms in total. The molecule has 1 N–H and O–H groups in total. The minimum absolute atomic E-state index is 0.125. The van der Waals surface area contributed by atoms with Gasteiger partial charge in [0.05, 0.1) is 19.8 Å². The maximum absolute atomic E-state index is 12.8. The van der Waals surface area contributed by atoms with Crippen molar-refractivity contribution in [3.05, 3.63) is 78.7 Å². The highest BCUT2D eigenvalue weighted by molar-refractivity contribution is 5.69. The van der Waals surface area contributed by atoms with Gasteiger partial charge in [0.2, 0.25) is 0 Å². The van der Waals surface area contributed by atoms with E-state index in [1.165, 1.54) is 154 Å². The molecule has 0 aliphatic heterocycles. The lowest BCUT2D eigenvalue weighted by Gasteiger charge is -2.26. The zero-order valence-corrected chi connectivity index (χ0v) is 53.9. The molecule has 0 spiro atoms. The van der Waals surface area contributed by atoms with E-state index in [0.29, 0.717) is 64.1 Å². The summed E-state index contributed by atoms with van der Waals surface area (Å²) in [5.41, 5.74) is 0. The Morgan fingerprint density at radius 1 is 0.329 bits per heavy atom. The van der Waals surface area contributed by atoms with E-state index >= 15 is 0 Å². The normalized spacial score (nSPS) is 12.1. The Morgan fingerprint density at radius 3 is 0.939 bits per heavy atom. The summed E-state index contributed by atoms with van der Waals surface area (Å²) in [5.74, 6) is 2.22. The Bertz CT molecular complexity index is 1530. The number of nitrogens with zero attached hydrogens (tertiary/aromatic N) is 2. The van der Waals surface area contributed by atoms with Crippen LogP contribution in [0.25, 0.3) is 0 Å². The number of carbonyl (C=O) groups excluding carboxylic acids is 3. The van der Waals surface area contributed by atoms with Crippen molar-refractivity contribution >= 4 is 17.9 Å². The molecule has 0 radical (unpaired) electrons. The molecule has 0 aromatic heterocycles. The van der Waals surface area contributed by atoms with E-state index in [9.17, 15) is 19.5 Å². The number of ether oxygens (including phenoxy) is 3. The van der Waals surface area contributed by atoms with Crippen LogP contribution in [-0.4, -0.2) is 98.5 Å². The molecule has 0 bridgehead atoms. The Kier molecular flexibility index (Phi) is 65.4. The van der Waals surface area contributed by atoms with Gasteiger partial charge in [-0.2, -0.15) is 0 Å². The van der Waals surface area contributed by atoms with Crippen molar-refractivity contribution in [2.45, 2.75) is 303 Å². The minimum Gasteiger partial charge on any atom is -0.487 e. The second kappa shape index (κ2) is 68.3. The molecule has 0 rings (SSSR count). The molecule has 0 heterocycles. The van der Waals surface area contributed by atoms with Crippen molar-refractivity contribution in [2.24, 2.45) is 0 Å². The summed E-state index contributed by atoms with van der Waals surface area (Å²) in [7, 11) is 0. The van der Waals surface area contributed by atoms with Crippen molar-refractivity contribution in [2.75, 3.05) is 65.7 Å². The topological polar surface area (TPSA) is 106 Å². The number of rotatable bonds is 65. The highest BCUT2D eigenvalue weighted by Crippen LogP contribution is 2.14. The molecule has 9 heteroatoms. The van der Waals surface area contributed by atoms with Crippen LogP contribution < -0.4 is 0 Å². The van der Waals surface area contributed by atoms with Gasteiger partial charge in [0.15, 0.2) is 11.7 Å². The predicted octanol–water partition coefficient (Wildman–Crippen LogP) is 20.0. The molecule has 0 fully saturated rings. The van der Waals surface area contributed by atoms with Crippen molar-refractivity contribution < 1.29 is 33.7 Å². The molecule has 0 atom stereocenters. The fraction of sp³-hybridized carbons (Fsp3) is 0.781. The van der Waals surface area contributed by atoms with Crippen molar-refractivity contribution in [1.82, 2.24) is 9.80 Å². The number of allylic oxidation sites excluding steroid dienone is 13. The van der Waals surface area contributed by atoms with E-state index < -0.39 is 0 Å². The largest absolute Gasteiger partial charge is 0.487 e. The average Bonchev–Trinajstić information content (AvgIpc) is 3.48. The molecule has 82 heavy (non-hydrogen) atoms. The van der Waals surface area contributed by atoms with Crippen LogP contribution in [0.4, 0.5) is 0 Å². The third-order valence-corrected chi connectivity index (χ3v) is 15.1. The highest BCUT2D eigenvalue weighted by Gasteiger charge is 2.13. The van der Waals surface area contributed by atoms with Crippen LogP contribution in [0.2, 0.25) is 0 Å². The first kappa shape index (κ1) is 78.5. The van der Waals surface area contributed by atoms with Crippen molar-refractivity contribution in [3.63, 3.8) is 0 Å².